The SMILES string of the molecule is CCOc1ccc(N2CC(Oc3ccc(C(C)NC(=O)CC(F)(F)F)cc3)C2)cc1. The molecule has 0 aromatic heterocycles. The summed E-state index contributed by atoms with van der Waals surface area (Å²) in [6.07, 6.45) is -5.93. The van der Waals surface area contributed by atoms with Gasteiger partial charge in [-0.05, 0) is 55.8 Å². The molecule has 0 aliphatic carbocycles. The number of hydrogen-bond donors (Lipinski definition) is 1. The van der Waals surface area contributed by atoms with Crippen molar-refractivity contribution in [2.24, 2.45) is 0 Å². The van der Waals surface area contributed by atoms with Gasteiger partial charge in [0.15, 0.2) is 0 Å². The lowest BCUT2D eigenvalue weighted by Crippen LogP contribution is -2.54. The molecule has 1 atom stereocenters. The van der Waals surface area contributed by atoms with Gasteiger partial charge in [0, 0.05) is 5.69 Å². The molecule has 0 spiro atoms. The molecule has 1 saturated heterocycles. The standard InChI is InChI=1S/C22H25F3N2O3/c1-3-29-18-10-6-17(7-11-18)27-13-20(14-27)30-19-8-4-16(5-9-19)15(2)26-21(28)12-22(23,24)25/h4-11,15,20H,3,12-14H2,1-2H3,(H,26,28). The zero-order valence-corrected chi connectivity index (χ0v) is 16.9. The lowest BCUT2D eigenvalue weighted by molar-refractivity contribution is -0.154. The van der Waals surface area contributed by atoms with Crippen LogP contribution in [-0.2, 0) is 4.79 Å². The van der Waals surface area contributed by atoms with E-state index in [4.69, 9.17) is 9.47 Å². The van der Waals surface area contributed by atoms with E-state index in [2.05, 4.69) is 10.2 Å². The first kappa shape index (κ1) is 21.8. The lowest BCUT2D eigenvalue weighted by atomic mass is 10.1. The van der Waals surface area contributed by atoms with Gasteiger partial charge in [-0.2, -0.15) is 13.2 Å². The number of carbonyl (C=O) groups is 1. The van der Waals surface area contributed by atoms with Gasteiger partial charge in [0.2, 0.25) is 5.91 Å². The maximum Gasteiger partial charge on any atom is 0.397 e. The van der Waals surface area contributed by atoms with Crippen LogP contribution in [0, 0.1) is 0 Å². The molecule has 0 saturated carbocycles. The van der Waals surface area contributed by atoms with Gasteiger partial charge in [-0.15, -0.1) is 0 Å². The van der Waals surface area contributed by atoms with Crippen molar-refractivity contribution >= 4 is 11.6 Å². The number of nitrogens with zero attached hydrogens (tertiary/aromatic N) is 1. The van der Waals surface area contributed by atoms with Gasteiger partial charge in [0.05, 0.1) is 25.7 Å². The second-order valence-corrected chi connectivity index (χ2v) is 7.22. The van der Waals surface area contributed by atoms with Crippen LogP contribution >= 0.6 is 0 Å². The minimum absolute atomic E-state index is 0.0614. The first-order valence-corrected chi connectivity index (χ1v) is 9.84. The van der Waals surface area contributed by atoms with E-state index in [1.54, 1.807) is 31.2 Å². The predicted octanol–water partition coefficient (Wildman–Crippen LogP) is 4.48. The van der Waals surface area contributed by atoms with Crippen LogP contribution < -0.4 is 19.7 Å². The summed E-state index contributed by atoms with van der Waals surface area (Å²) in [6, 6.07) is 14.4. The van der Waals surface area contributed by atoms with Crippen LogP contribution in [0.2, 0.25) is 0 Å². The number of halogens is 3. The summed E-state index contributed by atoms with van der Waals surface area (Å²) >= 11 is 0. The molecule has 1 amide bonds. The fourth-order valence-corrected chi connectivity index (χ4v) is 3.23. The van der Waals surface area contributed by atoms with Gasteiger partial charge in [-0.1, -0.05) is 12.1 Å². The Morgan fingerprint density at radius 3 is 2.27 bits per heavy atom. The average Bonchev–Trinajstić information content (AvgIpc) is 2.64. The van der Waals surface area contributed by atoms with Gasteiger partial charge in [0.25, 0.3) is 0 Å². The fourth-order valence-electron chi connectivity index (χ4n) is 3.23. The molecule has 1 aliphatic heterocycles. The van der Waals surface area contributed by atoms with Crippen molar-refractivity contribution in [3.8, 4) is 11.5 Å². The first-order valence-electron chi connectivity index (χ1n) is 9.84. The van der Waals surface area contributed by atoms with Crippen molar-refractivity contribution in [2.45, 2.75) is 38.6 Å². The van der Waals surface area contributed by atoms with E-state index in [9.17, 15) is 18.0 Å². The van der Waals surface area contributed by atoms with Crippen LogP contribution in [0.25, 0.3) is 0 Å². The third-order valence-electron chi connectivity index (χ3n) is 4.78. The van der Waals surface area contributed by atoms with Crippen LogP contribution in [0.15, 0.2) is 48.5 Å². The summed E-state index contributed by atoms with van der Waals surface area (Å²) in [5.41, 5.74) is 1.82. The van der Waals surface area contributed by atoms with Crippen molar-refractivity contribution in [1.82, 2.24) is 5.32 Å². The van der Waals surface area contributed by atoms with Crippen LogP contribution in [0.4, 0.5) is 18.9 Å². The quantitative estimate of drug-likeness (QED) is 0.682. The van der Waals surface area contributed by atoms with Gasteiger partial charge in [-0.3, -0.25) is 4.79 Å². The number of carbonyl (C=O) groups excluding carboxylic acids is 1. The van der Waals surface area contributed by atoms with Crippen LogP contribution in [0.5, 0.6) is 11.5 Å². The van der Waals surface area contributed by atoms with E-state index >= 15 is 0 Å². The number of ether oxygens (including phenoxy) is 2. The summed E-state index contributed by atoms with van der Waals surface area (Å²) in [6.45, 7) is 5.75. The summed E-state index contributed by atoms with van der Waals surface area (Å²) in [4.78, 5) is 13.6. The number of amides is 1. The minimum Gasteiger partial charge on any atom is -0.494 e. The zero-order chi connectivity index (χ0) is 21.7. The topological polar surface area (TPSA) is 50.8 Å². The smallest absolute Gasteiger partial charge is 0.397 e. The van der Waals surface area contributed by atoms with Crippen molar-refractivity contribution in [3.05, 3.63) is 54.1 Å². The molecule has 5 nitrogen and oxygen atoms in total. The van der Waals surface area contributed by atoms with Crippen molar-refractivity contribution < 1.29 is 27.4 Å². The first-order chi connectivity index (χ1) is 14.2. The summed E-state index contributed by atoms with van der Waals surface area (Å²) in [5.74, 6) is 0.488. The fraction of sp³-hybridized carbons (Fsp3) is 0.409. The molecular formula is C22H25F3N2O3. The van der Waals surface area contributed by atoms with Gasteiger partial charge in [-0.25, -0.2) is 0 Å². The third kappa shape index (κ3) is 6.05. The monoisotopic (exact) mass is 422 g/mol. The summed E-state index contributed by atoms with van der Waals surface area (Å²) in [5, 5.41) is 2.36. The van der Waals surface area contributed by atoms with E-state index in [0.717, 1.165) is 24.5 Å². The Kier molecular flexibility index (Phi) is 6.74. The van der Waals surface area contributed by atoms with Crippen molar-refractivity contribution in [2.75, 3.05) is 24.6 Å². The van der Waals surface area contributed by atoms with Crippen LogP contribution in [0.3, 0.4) is 0 Å². The summed E-state index contributed by atoms with van der Waals surface area (Å²) < 4.78 is 48.2. The van der Waals surface area contributed by atoms with Crippen molar-refractivity contribution in [3.63, 3.8) is 0 Å². The van der Waals surface area contributed by atoms with E-state index in [1.165, 1.54) is 0 Å². The second-order valence-electron chi connectivity index (χ2n) is 7.22. The molecule has 30 heavy (non-hydrogen) atoms. The molecule has 3 rings (SSSR count). The van der Waals surface area contributed by atoms with Gasteiger partial charge < -0.3 is 19.7 Å². The molecule has 2 aromatic carbocycles. The molecule has 8 heteroatoms. The van der Waals surface area contributed by atoms with Gasteiger partial charge >= 0.3 is 6.18 Å². The molecule has 0 radical (unpaired) electrons. The highest BCUT2D eigenvalue weighted by molar-refractivity contribution is 5.77. The zero-order valence-electron chi connectivity index (χ0n) is 16.9. The highest BCUT2D eigenvalue weighted by atomic mass is 19.4. The van der Waals surface area contributed by atoms with Crippen LogP contribution in [0.1, 0.15) is 31.9 Å². The Hall–Kier alpha value is -2.90. The largest absolute Gasteiger partial charge is 0.494 e. The lowest BCUT2D eigenvalue weighted by Gasteiger charge is -2.40. The van der Waals surface area contributed by atoms with Gasteiger partial charge in [0.1, 0.15) is 24.0 Å². The Morgan fingerprint density at radius 2 is 1.70 bits per heavy atom. The molecule has 1 fully saturated rings. The summed E-state index contributed by atoms with van der Waals surface area (Å²) in [7, 11) is 0. The number of hydrogen-bond acceptors (Lipinski definition) is 4. The number of nitrogens with one attached hydrogen (secondary N) is 1. The van der Waals surface area contributed by atoms with E-state index < -0.39 is 24.5 Å². The molecule has 1 aliphatic rings. The Bertz CT molecular complexity index is 832. The molecule has 2 aromatic rings. The third-order valence-corrected chi connectivity index (χ3v) is 4.78. The number of benzene rings is 2. The van der Waals surface area contributed by atoms with E-state index in [1.807, 2.05) is 31.2 Å². The molecule has 1 unspecified atom stereocenters. The highest BCUT2D eigenvalue weighted by Crippen LogP contribution is 2.27. The maximum atomic E-state index is 12.3. The molecule has 0 bridgehead atoms. The molecular weight excluding hydrogens is 397 g/mol. The minimum atomic E-state index is -4.51. The predicted molar refractivity (Wildman–Crippen MR) is 108 cm³/mol. The second kappa shape index (κ2) is 9.28. The number of anilines is 1. The Labute approximate surface area is 173 Å². The van der Waals surface area contributed by atoms with E-state index in [0.29, 0.717) is 17.9 Å². The average molecular weight is 422 g/mol. The highest BCUT2D eigenvalue weighted by Gasteiger charge is 2.32. The maximum absolute atomic E-state index is 12.3. The van der Waals surface area contributed by atoms with Crippen molar-refractivity contribution in [1.29, 1.82) is 0 Å². The van der Waals surface area contributed by atoms with E-state index in [-0.39, 0.29) is 6.10 Å². The Morgan fingerprint density at radius 1 is 1.10 bits per heavy atom. The number of rotatable bonds is 8. The number of alkyl halides is 3. The Balaban J connectivity index is 1.45. The normalized spacial score (nSPS) is 15.3. The molecule has 1 N–H and O–H groups in total. The molecule has 162 valence electrons. The molecule has 1 heterocycles. The van der Waals surface area contributed by atoms with Crippen LogP contribution in [-0.4, -0.2) is 37.9 Å².